The van der Waals surface area contributed by atoms with Crippen LogP contribution in [0.4, 0.5) is 5.82 Å². The van der Waals surface area contributed by atoms with Gasteiger partial charge in [-0.05, 0) is 30.7 Å². The van der Waals surface area contributed by atoms with Crippen LogP contribution in [0.2, 0.25) is 0 Å². The van der Waals surface area contributed by atoms with Gasteiger partial charge in [-0.2, -0.15) is 5.10 Å². The molecule has 7 heteroatoms. The standard InChI is InChI=1S/C20H18BrN3O3/c1-14-3-2-4-15(9-14)11-24-19(7-8-22-24)23-20(26)13-27-18-6-5-17(21)10-16(18)12-25/h2-10,12H,11,13H2,1H3,(H,23,26). The molecule has 0 atom stereocenters. The van der Waals surface area contributed by atoms with E-state index in [1.165, 1.54) is 5.56 Å². The van der Waals surface area contributed by atoms with Crippen LogP contribution in [-0.2, 0) is 11.3 Å². The van der Waals surface area contributed by atoms with Crippen molar-refractivity contribution in [1.82, 2.24) is 9.78 Å². The van der Waals surface area contributed by atoms with Gasteiger partial charge in [0.05, 0.1) is 18.3 Å². The molecule has 27 heavy (non-hydrogen) atoms. The van der Waals surface area contributed by atoms with E-state index in [0.717, 1.165) is 10.0 Å². The lowest BCUT2D eigenvalue weighted by Crippen LogP contribution is -2.22. The summed E-state index contributed by atoms with van der Waals surface area (Å²) in [5.41, 5.74) is 2.64. The summed E-state index contributed by atoms with van der Waals surface area (Å²) in [5.74, 6) is 0.605. The number of aryl methyl sites for hydroxylation is 1. The quantitative estimate of drug-likeness (QED) is 0.581. The molecule has 0 unspecified atom stereocenters. The molecule has 3 aromatic rings. The van der Waals surface area contributed by atoms with Crippen molar-refractivity contribution in [2.45, 2.75) is 13.5 Å². The van der Waals surface area contributed by atoms with Crippen LogP contribution < -0.4 is 10.1 Å². The molecular formula is C20H18BrN3O3. The molecular weight excluding hydrogens is 410 g/mol. The number of benzene rings is 2. The zero-order chi connectivity index (χ0) is 19.2. The van der Waals surface area contributed by atoms with E-state index < -0.39 is 0 Å². The lowest BCUT2D eigenvalue weighted by Gasteiger charge is -2.11. The largest absolute Gasteiger partial charge is 0.483 e. The highest BCUT2D eigenvalue weighted by Crippen LogP contribution is 2.21. The monoisotopic (exact) mass is 427 g/mol. The number of anilines is 1. The second-order valence-electron chi connectivity index (χ2n) is 6.00. The van der Waals surface area contributed by atoms with E-state index in [0.29, 0.717) is 30.0 Å². The van der Waals surface area contributed by atoms with Gasteiger partial charge in [0, 0.05) is 10.5 Å². The second-order valence-corrected chi connectivity index (χ2v) is 6.92. The molecule has 1 N–H and O–H groups in total. The van der Waals surface area contributed by atoms with Gasteiger partial charge in [-0.25, -0.2) is 4.68 Å². The van der Waals surface area contributed by atoms with E-state index in [1.807, 2.05) is 25.1 Å². The predicted molar refractivity (Wildman–Crippen MR) is 106 cm³/mol. The number of aldehydes is 1. The second kappa shape index (κ2) is 8.64. The Labute approximate surface area is 165 Å². The average molecular weight is 428 g/mol. The lowest BCUT2D eigenvalue weighted by atomic mass is 10.1. The highest BCUT2D eigenvalue weighted by molar-refractivity contribution is 9.10. The third kappa shape index (κ3) is 5.04. The summed E-state index contributed by atoms with van der Waals surface area (Å²) < 4.78 is 7.95. The number of hydrogen-bond acceptors (Lipinski definition) is 4. The van der Waals surface area contributed by atoms with Crippen LogP contribution >= 0.6 is 15.9 Å². The van der Waals surface area contributed by atoms with Crippen molar-refractivity contribution in [2.24, 2.45) is 0 Å². The van der Waals surface area contributed by atoms with E-state index in [2.05, 4.69) is 32.4 Å². The van der Waals surface area contributed by atoms with Gasteiger partial charge in [0.2, 0.25) is 0 Å². The molecule has 3 rings (SSSR count). The molecule has 0 aliphatic heterocycles. The number of carbonyl (C=O) groups is 2. The van der Waals surface area contributed by atoms with Crippen molar-refractivity contribution in [3.05, 3.63) is 75.9 Å². The summed E-state index contributed by atoms with van der Waals surface area (Å²) in [7, 11) is 0. The minimum absolute atomic E-state index is 0.210. The van der Waals surface area contributed by atoms with Gasteiger partial charge in [0.1, 0.15) is 11.6 Å². The minimum atomic E-state index is -0.333. The van der Waals surface area contributed by atoms with Gasteiger partial charge in [0.15, 0.2) is 12.9 Å². The van der Waals surface area contributed by atoms with Crippen molar-refractivity contribution >= 4 is 33.9 Å². The van der Waals surface area contributed by atoms with Crippen LogP contribution in [0, 0.1) is 6.92 Å². The van der Waals surface area contributed by atoms with Crippen molar-refractivity contribution < 1.29 is 14.3 Å². The Kier molecular flexibility index (Phi) is 6.03. The number of carbonyl (C=O) groups excluding carboxylic acids is 2. The maximum absolute atomic E-state index is 12.2. The number of nitrogens with one attached hydrogen (secondary N) is 1. The third-order valence-electron chi connectivity index (χ3n) is 3.86. The molecule has 138 valence electrons. The van der Waals surface area contributed by atoms with E-state index in [4.69, 9.17) is 4.74 Å². The van der Waals surface area contributed by atoms with E-state index in [-0.39, 0.29) is 12.5 Å². The number of ether oxygens (including phenoxy) is 1. The predicted octanol–water partition coefficient (Wildman–Crippen LogP) is 3.83. The molecule has 1 heterocycles. The van der Waals surface area contributed by atoms with Crippen molar-refractivity contribution in [1.29, 1.82) is 0 Å². The first-order valence-electron chi connectivity index (χ1n) is 8.30. The molecule has 2 aromatic carbocycles. The number of rotatable bonds is 7. The molecule has 0 saturated carbocycles. The number of hydrogen-bond donors (Lipinski definition) is 1. The zero-order valence-electron chi connectivity index (χ0n) is 14.7. The fourth-order valence-electron chi connectivity index (χ4n) is 2.61. The normalized spacial score (nSPS) is 10.4. The van der Waals surface area contributed by atoms with Crippen LogP contribution in [-0.4, -0.2) is 28.6 Å². The Hall–Kier alpha value is -2.93. The fourth-order valence-corrected chi connectivity index (χ4v) is 2.99. The van der Waals surface area contributed by atoms with Gasteiger partial charge in [-0.1, -0.05) is 45.8 Å². The van der Waals surface area contributed by atoms with Crippen molar-refractivity contribution in [3.63, 3.8) is 0 Å². The number of halogens is 1. The summed E-state index contributed by atoms with van der Waals surface area (Å²) in [6.07, 6.45) is 2.32. The van der Waals surface area contributed by atoms with Gasteiger partial charge < -0.3 is 10.1 Å². The first kappa shape index (κ1) is 18.8. The summed E-state index contributed by atoms with van der Waals surface area (Å²) in [5, 5.41) is 7.04. The Morgan fingerprint density at radius 1 is 1.26 bits per heavy atom. The van der Waals surface area contributed by atoms with Gasteiger partial charge >= 0.3 is 0 Å². The highest BCUT2D eigenvalue weighted by atomic mass is 79.9. The molecule has 1 amide bonds. The third-order valence-corrected chi connectivity index (χ3v) is 4.35. The van der Waals surface area contributed by atoms with Crippen LogP contribution in [0.5, 0.6) is 5.75 Å². The molecule has 0 aliphatic rings. The summed E-state index contributed by atoms with van der Waals surface area (Å²) >= 11 is 3.29. The summed E-state index contributed by atoms with van der Waals surface area (Å²) in [6, 6.07) is 14.9. The average Bonchev–Trinajstić information content (AvgIpc) is 3.07. The smallest absolute Gasteiger partial charge is 0.263 e. The number of nitrogens with zero attached hydrogens (tertiary/aromatic N) is 2. The van der Waals surface area contributed by atoms with Crippen LogP contribution in [0.15, 0.2) is 59.2 Å². The first-order chi connectivity index (χ1) is 13.0. The first-order valence-corrected chi connectivity index (χ1v) is 9.09. The van der Waals surface area contributed by atoms with E-state index in [9.17, 15) is 9.59 Å². The Bertz CT molecular complexity index is 969. The molecule has 6 nitrogen and oxygen atoms in total. The van der Waals surface area contributed by atoms with Gasteiger partial charge in [-0.3, -0.25) is 9.59 Å². The van der Waals surface area contributed by atoms with Crippen molar-refractivity contribution in [2.75, 3.05) is 11.9 Å². The Morgan fingerprint density at radius 2 is 2.11 bits per heavy atom. The van der Waals surface area contributed by atoms with Crippen LogP contribution in [0.3, 0.4) is 0 Å². The molecule has 0 aliphatic carbocycles. The van der Waals surface area contributed by atoms with Crippen LogP contribution in [0.1, 0.15) is 21.5 Å². The van der Waals surface area contributed by atoms with Gasteiger partial charge in [-0.15, -0.1) is 0 Å². The Morgan fingerprint density at radius 3 is 2.89 bits per heavy atom. The maximum atomic E-state index is 12.2. The molecule has 0 radical (unpaired) electrons. The SMILES string of the molecule is Cc1cccc(Cn2nccc2NC(=O)COc2ccc(Br)cc2C=O)c1. The van der Waals surface area contributed by atoms with E-state index >= 15 is 0 Å². The summed E-state index contributed by atoms with van der Waals surface area (Å²) in [6.45, 7) is 2.37. The van der Waals surface area contributed by atoms with Gasteiger partial charge in [0.25, 0.3) is 5.91 Å². The fraction of sp³-hybridized carbons (Fsp3) is 0.150. The van der Waals surface area contributed by atoms with E-state index in [1.54, 1.807) is 35.1 Å². The number of aromatic nitrogens is 2. The molecule has 0 saturated heterocycles. The molecule has 0 bridgehead atoms. The lowest BCUT2D eigenvalue weighted by molar-refractivity contribution is -0.118. The van der Waals surface area contributed by atoms with Crippen molar-refractivity contribution in [3.8, 4) is 5.75 Å². The molecule has 0 fully saturated rings. The van der Waals surface area contributed by atoms with Crippen LogP contribution in [0.25, 0.3) is 0 Å². The minimum Gasteiger partial charge on any atom is -0.483 e. The Balaban J connectivity index is 1.62. The zero-order valence-corrected chi connectivity index (χ0v) is 16.3. The number of amides is 1. The highest BCUT2D eigenvalue weighted by Gasteiger charge is 2.10. The molecule has 1 aromatic heterocycles. The maximum Gasteiger partial charge on any atom is 0.263 e. The summed E-state index contributed by atoms with van der Waals surface area (Å²) in [4.78, 5) is 23.3. The molecule has 0 spiro atoms. The topological polar surface area (TPSA) is 73.2 Å².